The van der Waals surface area contributed by atoms with Gasteiger partial charge in [-0.2, -0.15) is 5.10 Å². The number of amides is 1. The highest BCUT2D eigenvalue weighted by Gasteiger charge is 2.28. The van der Waals surface area contributed by atoms with E-state index in [4.69, 9.17) is 15.6 Å². The van der Waals surface area contributed by atoms with E-state index in [0.717, 1.165) is 36.3 Å². The third kappa shape index (κ3) is 3.30. The summed E-state index contributed by atoms with van der Waals surface area (Å²) in [6.07, 6.45) is 4.59. The Morgan fingerprint density at radius 2 is 2.21 bits per heavy atom. The molecule has 29 heavy (non-hydrogen) atoms. The van der Waals surface area contributed by atoms with Crippen LogP contribution in [-0.4, -0.2) is 50.8 Å². The molecule has 8 nitrogen and oxygen atoms in total. The van der Waals surface area contributed by atoms with Gasteiger partial charge in [-0.3, -0.25) is 4.79 Å². The summed E-state index contributed by atoms with van der Waals surface area (Å²) < 4.78 is 7.36. The van der Waals surface area contributed by atoms with Crippen molar-refractivity contribution in [2.75, 3.05) is 25.9 Å². The van der Waals surface area contributed by atoms with E-state index in [0.29, 0.717) is 29.1 Å². The van der Waals surface area contributed by atoms with Crippen LogP contribution in [0.1, 0.15) is 24.4 Å². The molecule has 0 aliphatic carbocycles. The molecule has 4 rings (SSSR count). The number of hydrogen-bond acceptors (Lipinski definition) is 6. The topological polar surface area (TPSA) is 99.2 Å². The van der Waals surface area contributed by atoms with Gasteiger partial charge in [-0.25, -0.2) is 14.6 Å². The van der Waals surface area contributed by atoms with E-state index in [1.165, 1.54) is 12.4 Å². The molecule has 1 amide bonds. The third-order valence-electron chi connectivity index (χ3n) is 5.43. The molecule has 2 N–H and O–H groups in total. The number of hydrogen-bond donors (Lipinski definition) is 1. The molecule has 0 radical (unpaired) electrons. The van der Waals surface area contributed by atoms with Crippen LogP contribution in [0.5, 0.6) is 5.75 Å². The van der Waals surface area contributed by atoms with Crippen molar-refractivity contribution in [2.24, 2.45) is 0 Å². The van der Waals surface area contributed by atoms with Crippen LogP contribution in [0.25, 0.3) is 22.3 Å². The molecular formula is C21H24N6O2. The second-order valence-electron chi connectivity index (χ2n) is 7.22. The molecule has 8 heteroatoms. The predicted molar refractivity (Wildman–Crippen MR) is 112 cm³/mol. The number of carbonyl (C=O) groups excluding carboxylic acids is 1. The molecule has 3 heterocycles. The van der Waals surface area contributed by atoms with Crippen LogP contribution >= 0.6 is 0 Å². The summed E-state index contributed by atoms with van der Waals surface area (Å²) in [6.45, 7) is 6.87. The van der Waals surface area contributed by atoms with Crippen LogP contribution in [0.2, 0.25) is 0 Å². The van der Waals surface area contributed by atoms with Crippen molar-refractivity contribution in [1.29, 1.82) is 0 Å². The Balaban J connectivity index is 1.84. The van der Waals surface area contributed by atoms with Crippen LogP contribution < -0.4 is 10.5 Å². The molecule has 0 unspecified atom stereocenters. The highest BCUT2D eigenvalue weighted by Crippen LogP contribution is 2.35. The molecular weight excluding hydrogens is 368 g/mol. The first kappa shape index (κ1) is 18.9. The average molecular weight is 392 g/mol. The summed E-state index contributed by atoms with van der Waals surface area (Å²) in [6, 6.07) is 5.93. The Labute approximate surface area is 169 Å². The fraction of sp³-hybridized carbons (Fsp3) is 0.333. The van der Waals surface area contributed by atoms with Gasteiger partial charge in [0, 0.05) is 18.7 Å². The van der Waals surface area contributed by atoms with E-state index in [1.807, 2.05) is 29.8 Å². The minimum atomic E-state index is -0.0659. The molecule has 1 aromatic carbocycles. The Kier molecular flexibility index (Phi) is 4.92. The molecule has 0 saturated carbocycles. The SMILES string of the molecule is C=CC(=O)N1CCC[C@@H](n2nc(-c3ccc(C)c(OC)c3)c3c(N)ncnc32)C1. The van der Waals surface area contributed by atoms with Crippen LogP contribution in [0.15, 0.2) is 37.2 Å². The van der Waals surface area contributed by atoms with Crippen molar-refractivity contribution in [3.8, 4) is 17.0 Å². The zero-order valence-corrected chi connectivity index (χ0v) is 16.6. The number of anilines is 1. The van der Waals surface area contributed by atoms with Gasteiger partial charge in [0.1, 0.15) is 23.6 Å². The number of aromatic nitrogens is 4. The normalized spacial score (nSPS) is 16.8. The number of nitrogen functional groups attached to an aromatic ring is 1. The fourth-order valence-corrected chi connectivity index (χ4v) is 3.90. The summed E-state index contributed by atoms with van der Waals surface area (Å²) in [5.74, 6) is 1.09. The number of rotatable bonds is 4. The molecule has 3 aromatic rings. The zero-order chi connectivity index (χ0) is 20.5. The van der Waals surface area contributed by atoms with Gasteiger partial charge >= 0.3 is 0 Å². The van der Waals surface area contributed by atoms with Gasteiger partial charge in [0.2, 0.25) is 5.91 Å². The largest absolute Gasteiger partial charge is 0.496 e. The molecule has 1 aliphatic heterocycles. The summed E-state index contributed by atoms with van der Waals surface area (Å²) >= 11 is 0. The lowest BCUT2D eigenvalue weighted by Crippen LogP contribution is -2.40. The number of nitrogens with two attached hydrogens (primary N) is 1. The number of likely N-dealkylation sites (tertiary alicyclic amines) is 1. The second-order valence-corrected chi connectivity index (χ2v) is 7.22. The first-order valence-corrected chi connectivity index (χ1v) is 9.58. The number of nitrogens with zero attached hydrogens (tertiary/aromatic N) is 5. The smallest absolute Gasteiger partial charge is 0.246 e. The van der Waals surface area contributed by atoms with E-state index < -0.39 is 0 Å². The van der Waals surface area contributed by atoms with Gasteiger partial charge in [-0.05, 0) is 37.5 Å². The first-order valence-electron chi connectivity index (χ1n) is 9.58. The van der Waals surface area contributed by atoms with Gasteiger partial charge in [-0.1, -0.05) is 18.7 Å². The number of methoxy groups -OCH3 is 1. The lowest BCUT2D eigenvalue weighted by molar-refractivity contribution is -0.127. The number of fused-ring (bicyclic) bond motifs is 1. The number of piperidine rings is 1. The number of carbonyl (C=O) groups is 1. The number of benzene rings is 1. The summed E-state index contributed by atoms with van der Waals surface area (Å²) in [5, 5.41) is 5.60. The van der Waals surface area contributed by atoms with E-state index in [9.17, 15) is 4.79 Å². The zero-order valence-electron chi connectivity index (χ0n) is 16.6. The molecule has 150 valence electrons. The van der Waals surface area contributed by atoms with Crippen molar-refractivity contribution in [2.45, 2.75) is 25.8 Å². The van der Waals surface area contributed by atoms with Gasteiger partial charge in [0.25, 0.3) is 0 Å². The highest BCUT2D eigenvalue weighted by atomic mass is 16.5. The Morgan fingerprint density at radius 3 is 2.97 bits per heavy atom. The molecule has 0 spiro atoms. The lowest BCUT2D eigenvalue weighted by atomic mass is 10.1. The first-order chi connectivity index (χ1) is 14.0. The predicted octanol–water partition coefficient (Wildman–Crippen LogP) is 2.74. The Hall–Kier alpha value is -3.42. The van der Waals surface area contributed by atoms with Crippen LogP contribution in [-0.2, 0) is 4.79 Å². The summed E-state index contributed by atoms with van der Waals surface area (Å²) in [4.78, 5) is 22.5. The standard InChI is InChI=1S/C21H24N6O2/c1-4-17(28)26-9-5-6-15(11-26)27-21-18(20(22)23-12-24-21)19(25-27)14-8-7-13(2)16(10-14)29-3/h4,7-8,10,12,15H,1,5-6,9,11H2,2-3H3,(H2,22,23,24)/t15-/m1/s1. The minimum Gasteiger partial charge on any atom is -0.496 e. The van der Waals surface area contributed by atoms with Gasteiger partial charge in [0.05, 0.1) is 18.5 Å². The maximum atomic E-state index is 12.1. The van der Waals surface area contributed by atoms with Gasteiger partial charge in [0.15, 0.2) is 5.65 Å². The van der Waals surface area contributed by atoms with Gasteiger partial charge < -0.3 is 15.4 Å². The molecule has 1 fully saturated rings. The van der Waals surface area contributed by atoms with E-state index >= 15 is 0 Å². The van der Waals surface area contributed by atoms with Crippen molar-refractivity contribution in [3.63, 3.8) is 0 Å². The minimum absolute atomic E-state index is 0.00513. The Bertz CT molecular complexity index is 1090. The summed E-state index contributed by atoms with van der Waals surface area (Å²) in [7, 11) is 1.65. The molecule has 1 saturated heterocycles. The van der Waals surface area contributed by atoms with Crippen molar-refractivity contribution in [3.05, 3.63) is 42.7 Å². The van der Waals surface area contributed by atoms with Crippen LogP contribution in [0, 0.1) is 6.92 Å². The van der Waals surface area contributed by atoms with Crippen molar-refractivity contribution < 1.29 is 9.53 Å². The van der Waals surface area contributed by atoms with Crippen LogP contribution in [0.4, 0.5) is 5.82 Å². The molecule has 1 aliphatic rings. The monoisotopic (exact) mass is 392 g/mol. The fourth-order valence-electron chi connectivity index (χ4n) is 3.90. The number of aryl methyl sites for hydroxylation is 1. The van der Waals surface area contributed by atoms with Crippen molar-refractivity contribution in [1.82, 2.24) is 24.6 Å². The van der Waals surface area contributed by atoms with E-state index in [2.05, 4.69) is 16.5 Å². The summed E-state index contributed by atoms with van der Waals surface area (Å²) in [5.41, 5.74) is 9.52. The van der Waals surface area contributed by atoms with Crippen molar-refractivity contribution >= 4 is 22.8 Å². The average Bonchev–Trinajstić information content (AvgIpc) is 3.14. The van der Waals surface area contributed by atoms with E-state index in [-0.39, 0.29) is 11.9 Å². The van der Waals surface area contributed by atoms with Crippen LogP contribution in [0.3, 0.4) is 0 Å². The maximum Gasteiger partial charge on any atom is 0.246 e. The van der Waals surface area contributed by atoms with E-state index in [1.54, 1.807) is 12.0 Å². The molecule has 1 atom stereocenters. The second kappa shape index (κ2) is 7.54. The lowest BCUT2D eigenvalue weighted by Gasteiger charge is -2.32. The Morgan fingerprint density at radius 1 is 1.38 bits per heavy atom. The third-order valence-corrected chi connectivity index (χ3v) is 5.43. The molecule has 0 bridgehead atoms. The van der Waals surface area contributed by atoms with Gasteiger partial charge in [-0.15, -0.1) is 0 Å². The quantitative estimate of drug-likeness (QED) is 0.686. The number of ether oxygens (including phenoxy) is 1. The maximum absolute atomic E-state index is 12.1. The highest BCUT2D eigenvalue weighted by molar-refractivity contribution is 5.98. The molecule has 2 aromatic heterocycles.